The zero-order valence-electron chi connectivity index (χ0n) is 15.1. The van der Waals surface area contributed by atoms with Crippen molar-refractivity contribution in [2.75, 3.05) is 4.90 Å². The first-order valence-corrected chi connectivity index (χ1v) is 10.3. The quantitative estimate of drug-likeness (QED) is 0.345. The third-order valence-electron chi connectivity index (χ3n) is 4.52. The summed E-state index contributed by atoms with van der Waals surface area (Å²) in [5.41, 5.74) is 4.92. The summed E-state index contributed by atoms with van der Waals surface area (Å²) in [5, 5.41) is 0.618. The molecule has 0 unspecified atom stereocenters. The van der Waals surface area contributed by atoms with E-state index < -0.39 is 0 Å². The maximum Gasteiger partial charge on any atom is 0.270 e. The van der Waals surface area contributed by atoms with E-state index in [1.165, 1.54) is 16.7 Å². The van der Waals surface area contributed by atoms with Crippen LogP contribution in [0, 0.1) is 6.92 Å². The summed E-state index contributed by atoms with van der Waals surface area (Å²) in [6, 6.07) is 23.9. The van der Waals surface area contributed by atoms with Crippen LogP contribution in [0.2, 0.25) is 5.02 Å². The highest BCUT2D eigenvalue weighted by molar-refractivity contribution is 8.27. The van der Waals surface area contributed by atoms with Gasteiger partial charge in [0.2, 0.25) is 0 Å². The Bertz CT molecular complexity index is 1090. The summed E-state index contributed by atoms with van der Waals surface area (Å²) in [6.45, 7) is 1.93. The Morgan fingerprint density at radius 1 is 0.964 bits per heavy atom. The fraction of sp³-hybridized carbons (Fsp3) is 0.0435. The maximum absolute atomic E-state index is 12.9. The van der Waals surface area contributed by atoms with Crippen LogP contribution in [0.3, 0.4) is 0 Å². The minimum atomic E-state index is -0.123. The van der Waals surface area contributed by atoms with Gasteiger partial charge >= 0.3 is 0 Å². The van der Waals surface area contributed by atoms with E-state index in [-0.39, 0.29) is 5.91 Å². The Balaban J connectivity index is 1.59. The first-order valence-electron chi connectivity index (χ1n) is 8.72. The van der Waals surface area contributed by atoms with Gasteiger partial charge in [-0.25, -0.2) is 0 Å². The first kappa shape index (κ1) is 18.9. The van der Waals surface area contributed by atoms with Gasteiger partial charge in [0.15, 0.2) is 4.32 Å². The summed E-state index contributed by atoms with van der Waals surface area (Å²) in [6.07, 6.45) is 1.88. The van der Waals surface area contributed by atoms with Gasteiger partial charge in [0.25, 0.3) is 5.91 Å². The van der Waals surface area contributed by atoms with Crippen molar-refractivity contribution < 1.29 is 4.79 Å². The van der Waals surface area contributed by atoms with Crippen LogP contribution in [-0.4, -0.2) is 10.2 Å². The van der Waals surface area contributed by atoms with E-state index >= 15 is 0 Å². The van der Waals surface area contributed by atoms with Gasteiger partial charge in [-0.15, -0.1) is 0 Å². The monoisotopic (exact) mass is 421 g/mol. The number of benzene rings is 3. The third kappa shape index (κ3) is 3.76. The van der Waals surface area contributed by atoms with E-state index in [1.54, 1.807) is 6.07 Å². The Hall–Kier alpha value is -2.40. The Labute approximate surface area is 178 Å². The van der Waals surface area contributed by atoms with Crippen LogP contribution in [0.15, 0.2) is 77.7 Å². The van der Waals surface area contributed by atoms with Gasteiger partial charge in [0.05, 0.1) is 10.6 Å². The van der Waals surface area contributed by atoms with Crippen LogP contribution in [0.4, 0.5) is 5.69 Å². The van der Waals surface area contributed by atoms with Crippen LogP contribution < -0.4 is 4.90 Å². The summed E-state index contributed by atoms with van der Waals surface area (Å²) >= 11 is 13.0. The lowest BCUT2D eigenvalue weighted by Gasteiger charge is -2.15. The van der Waals surface area contributed by atoms with E-state index in [1.807, 2.05) is 55.5 Å². The molecule has 0 atom stereocenters. The van der Waals surface area contributed by atoms with E-state index in [9.17, 15) is 4.79 Å². The summed E-state index contributed by atoms with van der Waals surface area (Å²) in [5.74, 6) is -0.123. The lowest BCUT2D eigenvalue weighted by atomic mass is 10.0. The molecule has 0 bridgehead atoms. The number of anilines is 1. The van der Waals surface area contributed by atoms with Gasteiger partial charge in [0.1, 0.15) is 0 Å². The number of nitrogens with zero attached hydrogens (tertiary/aromatic N) is 1. The highest BCUT2D eigenvalue weighted by Crippen LogP contribution is 2.37. The van der Waals surface area contributed by atoms with Gasteiger partial charge in [-0.05, 0) is 47.4 Å². The number of rotatable bonds is 3. The molecule has 1 amide bonds. The fourth-order valence-corrected chi connectivity index (χ4v) is 4.44. The molecule has 0 N–H and O–H groups in total. The van der Waals surface area contributed by atoms with Crippen molar-refractivity contribution in [1.29, 1.82) is 0 Å². The van der Waals surface area contributed by atoms with Crippen molar-refractivity contribution in [3.05, 3.63) is 93.9 Å². The molecule has 3 aromatic carbocycles. The van der Waals surface area contributed by atoms with Crippen LogP contribution in [0.1, 0.15) is 11.1 Å². The molecular weight excluding hydrogens is 406 g/mol. The molecule has 0 radical (unpaired) electrons. The van der Waals surface area contributed by atoms with E-state index in [2.05, 4.69) is 24.3 Å². The van der Waals surface area contributed by atoms with Crippen molar-refractivity contribution in [2.24, 2.45) is 0 Å². The lowest BCUT2D eigenvalue weighted by Crippen LogP contribution is -2.27. The number of hydrogen-bond donors (Lipinski definition) is 0. The first-order chi connectivity index (χ1) is 13.5. The molecule has 1 aliphatic heterocycles. The molecule has 138 valence electrons. The molecule has 4 rings (SSSR count). The molecular formula is C23H16ClNOS2. The molecule has 0 spiro atoms. The molecule has 1 heterocycles. The van der Waals surface area contributed by atoms with Gasteiger partial charge in [-0.1, -0.05) is 96.2 Å². The number of thioether (sulfide) groups is 1. The number of hydrogen-bond acceptors (Lipinski definition) is 3. The normalized spacial score (nSPS) is 15.5. The molecule has 1 aliphatic rings. The lowest BCUT2D eigenvalue weighted by molar-refractivity contribution is -0.113. The smallest absolute Gasteiger partial charge is 0.268 e. The van der Waals surface area contributed by atoms with E-state index in [4.69, 9.17) is 23.8 Å². The standard InChI is InChI=1S/C23H16ClNOS2/c1-15-7-12-19(14-20(15)24)25-22(26)21(28-23(25)27)13-16-8-10-18(11-9-16)17-5-3-2-4-6-17/h2-14H,1H3/b21-13-. The number of carbonyl (C=O) groups excluding carboxylic acids is 1. The van der Waals surface area contributed by atoms with Crippen molar-refractivity contribution >= 4 is 57.6 Å². The number of aryl methyl sites for hydroxylation is 1. The molecule has 1 fully saturated rings. The van der Waals surface area contributed by atoms with Crippen LogP contribution in [0.5, 0.6) is 0 Å². The van der Waals surface area contributed by atoms with Crippen molar-refractivity contribution in [1.82, 2.24) is 0 Å². The number of carbonyl (C=O) groups is 1. The van der Waals surface area contributed by atoms with Gasteiger partial charge in [-0.3, -0.25) is 9.69 Å². The Morgan fingerprint density at radius 3 is 2.32 bits per heavy atom. The number of amides is 1. The fourth-order valence-electron chi connectivity index (χ4n) is 2.96. The zero-order chi connectivity index (χ0) is 19.7. The second-order valence-corrected chi connectivity index (χ2v) is 8.52. The Morgan fingerprint density at radius 2 is 1.64 bits per heavy atom. The van der Waals surface area contributed by atoms with Crippen molar-refractivity contribution in [3.63, 3.8) is 0 Å². The summed E-state index contributed by atoms with van der Waals surface area (Å²) in [7, 11) is 0. The third-order valence-corrected chi connectivity index (χ3v) is 6.23. The SMILES string of the molecule is Cc1ccc(N2C(=O)/C(=C/c3ccc(-c4ccccc4)cc3)SC2=S)cc1Cl. The molecule has 2 nitrogen and oxygen atoms in total. The van der Waals surface area contributed by atoms with Gasteiger partial charge in [0, 0.05) is 5.02 Å². The minimum absolute atomic E-state index is 0.123. The largest absolute Gasteiger partial charge is 0.270 e. The van der Waals surface area contributed by atoms with E-state index in [0.29, 0.717) is 19.9 Å². The molecule has 0 saturated carbocycles. The molecule has 3 aromatic rings. The van der Waals surface area contributed by atoms with Crippen molar-refractivity contribution in [2.45, 2.75) is 6.92 Å². The highest BCUT2D eigenvalue weighted by Gasteiger charge is 2.33. The summed E-state index contributed by atoms with van der Waals surface area (Å²) in [4.78, 5) is 15.1. The molecule has 0 aromatic heterocycles. The summed E-state index contributed by atoms with van der Waals surface area (Å²) < 4.78 is 0.511. The average molecular weight is 422 g/mol. The van der Waals surface area contributed by atoms with Crippen molar-refractivity contribution in [3.8, 4) is 11.1 Å². The molecule has 5 heteroatoms. The highest BCUT2D eigenvalue weighted by atomic mass is 35.5. The number of thiocarbonyl (C=S) groups is 1. The van der Waals surface area contributed by atoms with Gasteiger partial charge < -0.3 is 0 Å². The minimum Gasteiger partial charge on any atom is -0.268 e. The predicted molar refractivity (Wildman–Crippen MR) is 124 cm³/mol. The Kier molecular flexibility index (Phi) is 5.36. The van der Waals surface area contributed by atoms with E-state index in [0.717, 1.165) is 22.3 Å². The topological polar surface area (TPSA) is 20.3 Å². The maximum atomic E-state index is 12.9. The second-order valence-electron chi connectivity index (χ2n) is 6.44. The second kappa shape index (κ2) is 7.92. The van der Waals surface area contributed by atoms with Crippen LogP contribution in [0.25, 0.3) is 17.2 Å². The molecule has 0 aliphatic carbocycles. The molecule has 1 saturated heterocycles. The average Bonchev–Trinajstić information content (AvgIpc) is 2.98. The predicted octanol–water partition coefficient (Wildman–Crippen LogP) is 6.72. The molecule has 28 heavy (non-hydrogen) atoms. The number of halogens is 1. The van der Waals surface area contributed by atoms with Crippen LogP contribution >= 0.6 is 35.6 Å². The van der Waals surface area contributed by atoms with Gasteiger partial charge in [-0.2, -0.15) is 0 Å². The zero-order valence-corrected chi connectivity index (χ0v) is 17.4. The van der Waals surface area contributed by atoms with Crippen LogP contribution in [-0.2, 0) is 4.79 Å².